The van der Waals surface area contributed by atoms with E-state index in [2.05, 4.69) is 127 Å². The van der Waals surface area contributed by atoms with E-state index in [9.17, 15) is 5.48 Å². The molecule has 0 aliphatic heterocycles. The highest BCUT2D eigenvalue weighted by Gasteiger charge is 2.30. The fourth-order valence-electron chi connectivity index (χ4n) is 11.6. The first kappa shape index (κ1) is 45.4. The predicted molar refractivity (Wildman–Crippen MR) is 373 cm³/mol. The standard InChI is InChI=1S/C76H74F2N2Si4/c1-81(2,3)61-31-19-23-53(43-61)57-47-67(55-25-21-33-63(45-55)83(7,8)9)75(69(77)49-57)79(59-27-15-13-16-28-59)71-41-37-51-36-40-66-72(42-38-52-35-39-65(71)73(51)74(52)66)80(60-29-17-14-18-30-60)76-68(56-26-22-34-64(46-56)84(10,11)12)48-58(50-70(76)78)54-24-20-32-62(44-54)82(4,5)6/h13-50H,1-12H3/i13D,14D,15D,16D,17D,18D,27D,28D,29D,30D. The van der Waals surface area contributed by atoms with Crippen molar-refractivity contribution in [1.82, 2.24) is 0 Å². The SMILES string of the molecule is [2H]c1c([2H])c([2H])c(N(c2c(F)cc(-c3cccc([Si](C)(C)C)c3)cc2-c2cccc([Si](C)(C)C)c2)c2ccc3ccc4c(N(c5c(F)cc(-c6cccc([Si](C)(C)C)c6)cc5-c5cccc([Si](C)(C)C)c5)c5c([2H])c([2H])c([2H])c([2H])c5[2H])ccc5ccc2c3c54)c([2H])c1[2H]. The molecular weight excluding hydrogens is 1090 g/mol. The van der Waals surface area contributed by atoms with Gasteiger partial charge in [0, 0.05) is 33.3 Å². The van der Waals surface area contributed by atoms with Gasteiger partial charge in [0.15, 0.2) is 0 Å². The van der Waals surface area contributed by atoms with Crippen molar-refractivity contribution in [3.05, 3.63) is 242 Å². The summed E-state index contributed by atoms with van der Waals surface area (Å²) in [5.41, 5.74) is 4.88. The Bertz CT molecular complexity index is 4720. The number of anilines is 6. The Morgan fingerprint density at radius 2 is 0.631 bits per heavy atom. The Balaban J connectivity index is 1.20. The normalized spacial score (nSPS) is 14.1. The minimum atomic E-state index is -2.03. The lowest BCUT2D eigenvalue weighted by Gasteiger charge is -2.32. The van der Waals surface area contributed by atoms with Crippen molar-refractivity contribution in [2.24, 2.45) is 0 Å². The highest BCUT2D eigenvalue weighted by Crippen LogP contribution is 2.52. The molecule has 0 bridgehead atoms. The molecule has 0 saturated heterocycles. The summed E-state index contributed by atoms with van der Waals surface area (Å²) in [5, 5.41) is 8.24. The average Bonchev–Trinajstić information content (AvgIpc) is 0.713. The summed E-state index contributed by atoms with van der Waals surface area (Å²) in [5.74, 6) is -1.41. The fourth-order valence-corrected chi connectivity index (χ4v) is 16.4. The molecule has 0 heterocycles. The van der Waals surface area contributed by atoms with Crippen LogP contribution in [0.1, 0.15) is 13.7 Å². The Morgan fingerprint density at radius 1 is 0.321 bits per heavy atom. The van der Waals surface area contributed by atoms with E-state index in [1.54, 1.807) is 12.1 Å². The molecule has 0 aliphatic carbocycles. The third kappa shape index (κ3) is 10.7. The molecule has 0 spiro atoms. The molecule has 8 heteroatoms. The highest BCUT2D eigenvalue weighted by atomic mass is 28.3. The zero-order valence-corrected chi connectivity index (χ0v) is 53.8. The topological polar surface area (TPSA) is 6.48 Å². The van der Waals surface area contributed by atoms with E-state index in [-0.39, 0.29) is 34.1 Å². The second-order valence-electron chi connectivity index (χ2n) is 26.2. The van der Waals surface area contributed by atoms with Crippen molar-refractivity contribution in [2.45, 2.75) is 78.6 Å². The minimum Gasteiger partial charge on any atom is -0.307 e. The molecule has 0 radical (unpaired) electrons. The number of benzene rings is 12. The molecule has 0 amide bonds. The largest absolute Gasteiger partial charge is 0.307 e. The van der Waals surface area contributed by atoms with E-state index in [0.29, 0.717) is 65.7 Å². The Kier molecular flexibility index (Phi) is 11.7. The predicted octanol–water partition coefficient (Wildman–Crippen LogP) is 20.7. The number of halogens is 2. The van der Waals surface area contributed by atoms with Crippen LogP contribution in [0.3, 0.4) is 0 Å². The van der Waals surface area contributed by atoms with E-state index < -0.39 is 104 Å². The summed E-state index contributed by atoms with van der Waals surface area (Å²) in [7, 11) is -7.80. The second kappa shape index (κ2) is 21.6. The first-order valence-corrected chi connectivity index (χ1v) is 42.7. The maximum atomic E-state index is 18.8. The zero-order chi connectivity index (χ0) is 67.7. The summed E-state index contributed by atoms with van der Waals surface area (Å²) in [6.07, 6.45) is 0. The van der Waals surface area contributed by atoms with Gasteiger partial charge in [-0.1, -0.05) is 269 Å². The fraction of sp³-hybridized carbons (Fsp3) is 0.158. The zero-order valence-electron chi connectivity index (χ0n) is 59.8. The lowest BCUT2D eigenvalue weighted by molar-refractivity contribution is 0.629. The number of rotatable bonds is 14. The molecule has 2 nitrogen and oxygen atoms in total. The number of hydrogen-bond acceptors (Lipinski definition) is 2. The third-order valence-corrected chi connectivity index (χ3v) is 24.5. The molecule has 418 valence electrons. The Labute approximate surface area is 514 Å². The molecule has 0 N–H and O–H groups in total. The van der Waals surface area contributed by atoms with Crippen LogP contribution in [0.4, 0.5) is 42.9 Å². The lowest BCUT2D eigenvalue weighted by Crippen LogP contribution is -2.37. The molecule has 84 heavy (non-hydrogen) atoms. The summed E-state index contributed by atoms with van der Waals surface area (Å²) in [6, 6.07) is 48.3. The van der Waals surface area contributed by atoms with Crippen LogP contribution in [0.2, 0.25) is 78.6 Å². The lowest BCUT2D eigenvalue weighted by atomic mass is 9.90. The van der Waals surface area contributed by atoms with Crippen LogP contribution in [-0.2, 0) is 0 Å². The van der Waals surface area contributed by atoms with Gasteiger partial charge in [0.05, 0.1) is 68.8 Å². The maximum Gasteiger partial charge on any atom is 0.148 e. The van der Waals surface area contributed by atoms with Crippen molar-refractivity contribution in [3.63, 3.8) is 0 Å². The van der Waals surface area contributed by atoms with Crippen molar-refractivity contribution in [2.75, 3.05) is 9.80 Å². The molecule has 0 aliphatic rings. The molecule has 0 unspecified atom stereocenters. The van der Waals surface area contributed by atoms with Gasteiger partial charge in [-0.2, -0.15) is 0 Å². The van der Waals surface area contributed by atoms with E-state index >= 15 is 8.78 Å². The van der Waals surface area contributed by atoms with Gasteiger partial charge in [-0.3, -0.25) is 0 Å². The van der Waals surface area contributed by atoms with Gasteiger partial charge in [-0.15, -0.1) is 0 Å². The van der Waals surface area contributed by atoms with Crippen LogP contribution in [-0.4, -0.2) is 32.3 Å². The summed E-state index contributed by atoms with van der Waals surface area (Å²) < 4.78 is 131. The van der Waals surface area contributed by atoms with Crippen molar-refractivity contribution in [1.29, 1.82) is 0 Å². The van der Waals surface area contributed by atoms with Gasteiger partial charge in [-0.05, 0) is 115 Å². The molecule has 12 rings (SSSR count). The van der Waals surface area contributed by atoms with Crippen LogP contribution in [0.25, 0.3) is 76.8 Å². The molecule has 12 aromatic carbocycles. The number of nitrogens with zero attached hydrogens (tertiary/aromatic N) is 2. The number of hydrogen-bond donors (Lipinski definition) is 0. The first-order chi connectivity index (χ1) is 44.1. The van der Waals surface area contributed by atoms with Crippen LogP contribution in [0.15, 0.2) is 230 Å². The summed E-state index contributed by atoms with van der Waals surface area (Å²) in [4.78, 5) is 2.97. The smallest absolute Gasteiger partial charge is 0.148 e. The van der Waals surface area contributed by atoms with E-state index in [1.807, 2.05) is 97.1 Å². The van der Waals surface area contributed by atoms with E-state index in [1.165, 1.54) is 32.3 Å². The first-order valence-electron chi connectivity index (χ1n) is 33.7. The summed E-state index contributed by atoms with van der Waals surface area (Å²) in [6.45, 7) is 26.9. The molecule has 0 saturated carbocycles. The van der Waals surface area contributed by atoms with Gasteiger partial charge in [-0.25, -0.2) is 8.78 Å². The molecular formula is C76H74F2N2Si4. The average molecular weight is 1180 g/mol. The van der Waals surface area contributed by atoms with Gasteiger partial charge in [0.25, 0.3) is 0 Å². The Hall–Kier alpha value is -7.99. The molecule has 0 aromatic heterocycles. The van der Waals surface area contributed by atoms with Crippen molar-refractivity contribution >= 4 is 119 Å². The number of para-hydroxylation sites is 2. The Morgan fingerprint density at radius 3 is 0.964 bits per heavy atom. The van der Waals surface area contributed by atoms with Crippen LogP contribution in [0, 0.1) is 11.6 Å². The highest BCUT2D eigenvalue weighted by molar-refractivity contribution is 6.90. The van der Waals surface area contributed by atoms with Gasteiger partial charge in [0.1, 0.15) is 11.6 Å². The summed E-state index contributed by atoms with van der Waals surface area (Å²) >= 11 is 0. The van der Waals surface area contributed by atoms with E-state index in [4.69, 9.17) is 8.22 Å². The van der Waals surface area contributed by atoms with Crippen LogP contribution in [0.5, 0.6) is 0 Å². The van der Waals surface area contributed by atoms with Gasteiger partial charge in [0.2, 0.25) is 0 Å². The minimum absolute atomic E-state index is 0.0451. The molecule has 0 atom stereocenters. The third-order valence-electron chi connectivity index (χ3n) is 16.3. The monoisotopic (exact) mass is 1170 g/mol. The maximum absolute atomic E-state index is 18.8. The van der Waals surface area contributed by atoms with E-state index in [0.717, 1.165) is 21.5 Å². The van der Waals surface area contributed by atoms with Crippen molar-refractivity contribution < 1.29 is 22.5 Å². The van der Waals surface area contributed by atoms with Crippen LogP contribution < -0.4 is 30.5 Å². The van der Waals surface area contributed by atoms with Crippen LogP contribution >= 0.6 is 0 Å². The van der Waals surface area contributed by atoms with Crippen molar-refractivity contribution in [3.8, 4) is 44.5 Å². The van der Waals surface area contributed by atoms with Gasteiger partial charge >= 0.3 is 0 Å². The second-order valence-corrected chi connectivity index (χ2v) is 46.6. The quantitative estimate of drug-likeness (QED) is 0.0791. The molecule has 12 aromatic rings. The van der Waals surface area contributed by atoms with Gasteiger partial charge < -0.3 is 9.80 Å². The molecule has 0 fully saturated rings.